The summed E-state index contributed by atoms with van der Waals surface area (Å²) < 4.78 is 19.8. The highest BCUT2D eigenvalue weighted by molar-refractivity contribution is 7.72. The summed E-state index contributed by atoms with van der Waals surface area (Å²) in [7, 11) is -0.349. The van der Waals surface area contributed by atoms with E-state index >= 15 is 0 Å². The van der Waals surface area contributed by atoms with Gasteiger partial charge in [0.15, 0.2) is 0 Å². The lowest BCUT2D eigenvalue weighted by molar-refractivity contribution is 0.610. The van der Waals surface area contributed by atoms with Crippen molar-refractivity contribution in [3.63, 3.8) is 0 Å². The summed E-state index contributed by atoms with van der Waals surface area (Å²) >= 11 is 0. The molecular weight excluding hydrogens is 126 g/mol. The molecule has 8 heavy (non-hydrogen) atoms. The van der Waals surface area contributed by atoms with Gasteiger partial charge >= 0.3 is 0 Å². The maximum Gasteiger partial charge on any atom is 0.140 e. The van der Waals surface area contributed by atoms with Crippen molar-refractivity contribution in [2.24, 2.45) is 0 Å². The van der Waals surface area contributed by atoms with E-state index in [-0.39, 0.29) is 0 Å². The molecule has 50 valence electrons. The normalized spacial score (nSPS) is 10.2. The van der Waals surface area contributed by atoms with Crippen LogP contribution in [0.25, 0.3) is 0 Å². The van der Waals surface area contributed by atoms with Crippen LogP contribution in [0.15, 0.2) is 0 Å². The van der Waals surface area contributed by atoms with Crippen molar-refractivity contribution >= 4 is 10.7 Å². The minimum Gasteiger partial charge on any atom is -0.320 e. The monoisotopic (exact) mass is 137 g/mol. The molecule has 0 aromatic carbocycles. The molecule has 1 N–H and O–H groups in total. The molecule has 0 spiro atoms. The summed E-state index contributed by atoms with van der Waals surface area (Å²) in [4.78, 5) is 0. The first-order chi connectivity index (χ1) is 3.77. The molecule has 0 atom stereocenters. The summed E-state index contributed by atoms with van der Waals surface area (Å²) in [6.45, 7) is 0.781. The van der Waals surface area contributed by atoms with Crippen LogP contribution in [0.5, 0.6) is 0 Å². The van der Waals surface area contributed by atoms with Gasteiger partial charge < -0.3 is 5.32 Å². The Bertz CT molecular complexity index is 103. The lowest BCUT2D eigenvalue weighted by Gasteiger charge is -1.90. The smallest absolute Gasteiger partial charge is 0.140 e. The van der Waals surface area contributed by atoms with Crippen molar-refractivity contribution < 1.29 is 8.42 Å². The average molecular weight is 137 g/mol. The number of nitrogens with one attached hydrogen (secondary N) is 1. The van der Waals surface area contributed by atoms with Crippen LogP contribution in [0, 0.1) is 0 Å². The van der Waals surface area contributed by atoms with Crippen LogP contribution >= 0.6 is 0 Å². The molecule has 0 amide bonds. The Morgan fingerprint density at radius 1 is 1.50 bits per heavy atom. The number of rotatable bonds is 4. The molecule has 4 heteroatoms. The second-order valence-corrected chi connectivity index (χ2v) is 2.63. The second-order valence-electron chi connectivity index (χ2n) is 1.51. The van der Waals surface area contributed by atoms with Crippen molar-refractivity contribution in [2.45, 2.75) is 6.42 Å². The van der Waals surface area contributed by atoms with Crippen molar-refractivity contribution in [1.29, 1.82) is 0 Å². The Hall–Kier alpha value is -0.0900. The van der Waals surface area contributed by atoms with E-state index in [1.165, 1.54) is 0 Å². The molecule has 0 aliphatic carbocycles. The molecule has 0 saturated carbocycles. The fraction of sp³-hybridized carbons (Fsp3) is 1.00. The van der Waals surface area contributed by atoms with Gasteiger partial charge in [-0.2, -0.15) is 0 Å². The third-order valence-corrected chi connectivity index (χ3v) is 1.45. The van der Waals surface area contributed by atoms with Gasteiger partial charge in [-0.3, -0.25) is 0 Å². The molecule has 0 unspecified atom stereocenters. The van der Waals surface area contributed by atoms with Crippen LogP contribution in [-0.2, 0) is 10.7 Å². The summed E-state index contributed by atoms with van der Waals surface area (Å²) in [5, 5.41) is 2.86. The van der Waals surface area contributed by atoms with Crippen molar-refractivity contribution in [1.82, 2.24) is 5.32 Å². The SMILES string of the molecule is CNCCC[SH](=O)=O. The summed E-state index contributed by atoms with van der Waals surface area (Å²) in [5.74, 6) is 0.302. The maximum atomic E-state index is 9.88. The van der Waals surface area contributed by atoms with E-state index in [1.54, 1.807) is 7.05 Å². The van der Waals surface area contributed by atoms with Crippen molar-refractivity contribution in [3.05, 3.63) is 0 Å². The molecule has 0 aromatic heterocycles. The van der Waals surface area contributed by atoms with E-state index in [4.69, 9.17) is 0 Å². The number of hydrogen-bond donors (Lipinski definition) is 2. The van der Waals surface area contributed by atoms with Crippen molar-refractivity contribution in [2.75, 3.05) is 19.3 Å². The van der Waals surface area contributed by atoms with Gasteiger partial charge in [-0.05, 0) is 20.0 Å². The van der Waals surface area contributed by atoms with E-state index < -0.39 is 10.7 Å². The topological polar surface area (TPSA) is 46.2 Å². The zero-order chi connectivity index (χ0) is 6.41. The molecule has 0 aliphatic rings. The highest BCUT2D eigenvalue weighted by atomic mass is 32.2. The average Bonchev–Trinajstić information content (AvgIpc) is 1.66. The van der Waals surface area contributed by atoms with Gasteiger partial charge in [-0.25, -0.2) is 8.42 Å². The third-order valence-electron chi connectivity index (χ3n) is 0.767. The minimum atomic E-state index is -2.15. The molecule has 0 radical (unpaired) electrons. The van der Waals surface area contributed by atoms with E-state index in [1.807, 2.05) is 0 Å². The van der Waals surface area contributed by atoms with E-state index in [9.17, 15) is 8.42 Å². The van der Waals surface area contributed by atoms with Crippen LogP contribution < -0.4 is 5.32 Å². The number of thiol groups is 1. The van der Waals surface area contributed by atoms with E-state index in [0.717, 1.165) is 13.0 Å². The largest absolute Gasteiger partial charge is 0.320 e. The second kappa shape index (κ2) is 5.05. The highest BCUT2D eigenvalue weighted by Crippen LogP contribution is 1.73. The molecule has 0 aliphatic heterocycles. The molecule has 0 saturated heterocycles. The fourth-order valence-electron chi connectivity index (χ4n) is 0.385. The number of hydrogen-bond acceptors (Lipinski definition) is 3. The summed E-state index contributed by atoms with van der Waals surface area (Å²) in [6, 6.07) is 0. The highest BCUT2D eigenvalue weighted by Gasteiger charge is 1.84. The van der Waals surface area contributed by atoms with Crippen LogP contribution in [-0.4, -0.2) is 27.8 Å². The first-order valence-electron chi connectivity index (χ1n) is 2.53. The van der Waals surface area contributed by atoms with Gasteiger partial charge in [0.05, 0.1) is 0 Å². The van der Waals surface area contributed by atoms with Gasteiger partial charge in [0.2, 0.25) is 0 Å². The van der Waals surface area contributed by atoms with Crippen LogP contribution in [0.1, 0.15) is 6.42 Å². The van der Waals surface area contributed by atoms with Gasteiger partial charge in [0, 0.05) is 5.75 Å². The first kappa shape index (κ1) is 7.91. The lowest BCUT2D eigenvalue weighted by Crippen LogP contribution is -2.09. The maximum absolute atomic E-state index is 9.88. The third kappa shape index (κ3) is 5.91. The molecular formula is C4H11NO2S. The Balaban J connectivity index is 2.94. The zero-order valence-electron chi connectivity index (χ0n) is 4.89. The molecule has 0 rings (SSSR count). The Morgan fingerprint density at radius 2 is 2.12 bits per heavy atom. The lowest BCUT2D eigenvalue weighted by atomic mass is 10.5. The van der Waals surface area contributed by atoms with Gasteiger partial charge in [0.1, 0.15) is 10.7 Å². The fourth-order valence-corrected chi connectivity index (χ4v) is 0.801. The summed E-state index contributed by atoms with van der Waals surface area (Å²) in [5.41, 5.74) is 0. The standard InChI is InChI=1S/C4H11NO2S/c1-5-3-2-4-8(6)7/h5,8H,2-4H2,1H3. The Kier molecular flexibility index (Phi) is 5.00. The van der Waals surface area contributed by atoms with Crippen LogP contribution in [0.2, 0.25) is 0 Å². The zero-order valence-corrected chi connectivity index (χ0v) is 5.78. The van der Waals surface area contributed by atoms with Gasteiger partial charge in [-0.15, -0.1) is 0 Å². The van der Waals surface area contributed by atoms with E-state index in [2.05, 4.69) is 5.32 Å². The first-order valence-corrected chi connectivity index (χ1v) is 3.90. The molecule has 0 aromatic rings. The van der Waals surface area contributed by atoms with Crippen LogP contribution in [0.3, 0.4) is 0 Å². The molecule has 3 nitrogen and oxygen atoms in total. The Labute approximate surface area is 51.0 Å². The quantitative estimate of drug-likeness (QED) is 0.394. The predicted molar refractivity (Wildman–Crippen MR) is 33.7 cm³/mol. The van der Waals surface area contributed by atoms with Crippen LogP contribution in [0.4, 0.5) is 0 Å². The molecule has 0 heterocycles. The Morgan fingerprint density at radius 3 is 2.50 bits per heavy atom. The van der Waals surface area contributed by atoms with Crippen molar-refractivity contribution in [3.8, 4) is 0 Å². The van der Waals surface area contributed by atoms with E-state index in [0.29, 0.717) is 5.75 Å². The predicted octanol–water partition coefficient (Wildman–Crippen LogP) is -0.793. The summed E-state index contributed by atoms with van der Waals surface area (Å²) in [6.07, 6.45) is 0.717. The minimum absolute atomic E-state index is 0.302. The van der Waals surface area contributed by atoms with Gasteiger partial charge in [-0.1, -0.05) is 0 Å². The molecule has 0 fully saturated rings. The molecule has 0 bridgehead atoms. The van der Waals surface area contributed by atoms with Gasteiger partial charge in [0.25, 0.3) is 0 Å².